The van der Waals surface area contributed by atoms with E-state index in [9.17, 15) is 31.1 Å². The van der Waals surface area contributed by atoms with E-state index in [1.54, 1.807) is 0 Å². The molecule has 0 radical (unpaired) electrons. The number of hydrogen-bond acceptors (Lipinski definition) is 3. The molecular weight excluding hydrogens is 284 g/mol. The van der Waals surface area contributed by atoms with Crippen molar-refractivity contribution in [3.63, 3.8) is 0 Å². The van der Waals surface area contributed by atoms with E-state index in [1.807, 2.05) is 0 Å². The normalized spacial score (nSPS) is 14.3. The predicted molar refractivity (Wildman–Crippen MR) is 46.8 cm³/mol. The third kappa shape index (κ3) is 3.34. The van der Waals surface area contributed by atoms with Crippen LogP contribution >= 0.6 is 0 Å². The molecule has 1 aromatic rings. The number of halogens is 6. The smallest absolute Gasteiger partial charge is 0.433 e. The van der Waals surface area contributed by atoms with Crippen molar-refractivity contribution in [1.82, 2.24) is 4.98 Å². The van der Waals surface area contributed by atoms with Crippen molar-refractivity contribution < 1.29 is 41.4 Å². The molecule has 0 saturated heterocycles. The topological polar surface area (TPSA) is 70.4 Å². The Hall–Kier alpha value is -1.84. The average Bonchev–Trinajstić information content (AvgIpc) is 2.24. The molecule has 1 heterocycles. The van der Waals surface area contributed by atoms with Gasteiger partial charge in [0.15, 0.2) is 6.10 Å². The number of aliphatic hydroxyl groups is 1. The van der Waals surface area contributed by atoms with Crippen LogP contribution in [0.25, 0.3) is 0 Å². The number of pyridine rings is 1. The summed E-state index contributed by atoms with van der Waals surface area (Å²) < 4.78 is 74.3. The first-order chi connectivity index (χ1) is 8.44. The van der Waals surface area contributed by atoms with Crippen LogP contribution < -0.4 is 0 Å². The summed E-state index contributed by atoms with van der Waals surface area (Å²) in [6.45, 7) is 0. The Kier molecular flexibility index (Phi) is 3.75. The van der Waals surface area contributed by atoms with Crippen LogP contribution in [0.1, 0.15) is 22.9 Å². The monoisotopic (exact) mass is 289 g/mol. The first kappa shape index (κ1) is 15.2. The van der Waals surface area contributed by atoms with Gasteiger partial charge in [0.05, 0.1) is 5.56 Å². The van der Waals surface area contributed by atoms with Gasteiger partial charge in [-0.3, -0.25) is 4.98 Å². The van der Waals surface area contributed by atoms with Crippen LogP contribution in [-0.2, 0) is 17.1 Å². The highest BCUT2D eigenvalue weighted by Gasteiger charge is 2.40. The standard InChI is InChI=1S/C9H5F6NO3/c10-8(11,12)4-2-16-5(9(13,14)15)1-3(4)6(17)7(18)19/h1-2,6,17H,(H,18,19). The van der Waals surface area contributed by atoms with Crippen molar-refractivity contribution in [2.45, 2.75) is 18.5 Å². The van der Waals surface area contributed by atoms with Gasteiger partial charge in [0.1, 0.15) is 5.69 Å². The summed E-state index contributed by atoms with van der Waals surface area (Å²) in [5.74, 6) is -2.11. The van der Waals surface area contributed by atoms with Crippen molar-refractivity contribution in [2.24, 2.45) is 0 Å². The Bertz CT molecular complexity index is 496. The second-order valence-corrected chi connectivity index (χ2v) is 3.39. The minimum Gasteiger partial charge on any atom is -0.479 e. The van der Waals surface area contributed by atoms with Crippen molar-refractivity contribution >= 4 is 5.97 Å². The summed E-state index contributed by atoms with van der Waals surface area (Å²) in [5.41, 5.74) is -4.88. The van der Waals surface area contributed by atoms with Crippen LogP contribution in [0.5, 0.6) is 0 Å². The molecule has 1 rings (SSSR count). The second kappa shape index (κ2) is 4.68. The van der Waals surface area contributed by atoms with Crippen LogP contribution in [0.3, 0.4) is 0 Å². The molecule has 1 atom stereocenters. The number of aliphatic carboxylic acids is 1. The molecule has 0 aliphatic heterocycles. The molecule has 0 bridgehead atoms. The molecule has 0 aliphatic carbocycles. The number of nitrogens with zero attached hydrogens (tertiary/aromatic N) is 1. The van der Waals surface area contributed by atoms with Gasteiger partial charge in [0.25, 0.3) is 0 Å². The first-order valence-electron chi connectivity index (χ1n) is 4.50. The van der Waals surface area contributed by atoms with Crippen molar-refractivity contribution in [2.75, 3.05) is 0 Å². The number of carboxylic acids is 1. The molecular formula is C9H5F6NO3. The zero-order chi connectivity index (χ0) is 15.0. The van der Waals surface area contributed by atoms with E-state index in [4.69, 9.17) is 10.2 Å². The van der Waals surface area contributed by atoms with E-state index in [2.05, 4.69) is 4.98 Å². The predicted octanol–water partition coefficient (Wildman–Crippen LogP) is 2.24. The Labute approximate surface area is 101 Å². The molecule has 0 spiro atoms. The van der Waals surface area contributed by atoms with Gasteiger partial charge < -0.3 is 10.2 Å². The van der Waals surface area contributed by atoms with Crippen molar-refractivity contribution in [3.05, 3.63) is 29.1 Å². The third-order valence-electron chi connectivity index (χ3n) is 2.06. The summed E-state index contributed by atoms with van der Waals surface area (Å²) in [6.07, 6.45) is -13.1. The highest BCUT2D eigenvalue weighted by molar-refractivity contribution is 5.74. The summed E-state index contributed by atoms with van der Waals surface area (Å²) in [6, 6.07) is -0.137. The van der Waals surface area contributed by atoms with Crippen molar-refractivity contribution in [1.29, 1.82) is 0 Å². The lowest BCUT2D eigenvalue weighted by atomic mass is 10.0. The van der Waals surface area contributed by atoms with Gasteiger partial charge >= 0.3 is 18.3 Å². The number of carboxylic acid groups (broad SMARTS) is 1. The Morgan fingerprint density at radius 2 is 1.68 bits per heavy atom. The van der Waals surface area contributed by atoms with E-state index < -0.39 is 41.2 Å². The molecule has 0 aliphatic rings. The minimum atomic E-state index is -5.14. The third-order valence-corrected chi connectivity index (χ3v) is 2.06. The Morgan fingerprint density at radius 3 is 2.05 bits per heavy atom. The molecule has 4 nitrogen and oxygen atoms in total. The summed E-state index contributed by atoms with van der Waals surface area (Å²) >= 11 is 0. The fourth-order valence-electron chi connectivity index (χ4n) is 1.22. The maximum absolute atomic E-state index is 12.5. The molecule has 2 N–H and O–H groups in total. The van der Waals surface area contributed by atoms with E-state index in [0.717, 1.165) is 0 Å². The van der Waals surface area contributed by atoms with Gasteiger partial charge in [-0.05, 0) is 6.07 Å². The average molecular weight is 289 g/mol. The number of hydrogen-bond donors (Lipinski definition) is 2. The van der Waals surface area contributed by atoms with E-state index in [0.29, 0.717) is 0 Å². The molecule has 0 amide bonds. The quantitative estimate of drug-likeness (QED) is 0.819. The maximum atomic E-state index is 12.5. The van der Waals surface area contributed by atoms with Crippen LogP contribution in [-0.4, -0.2) is 21.2 Å². The Morgan fingerprint density at radius 1 is 1.16 bits per heavy atom. The molecule has 0 saturated carbocycles. The number of alkyl halides is 6. The lowest BCUT2D eigenvalue weighted by molar-refractivity contribution is -0.151. The molecule has 0 aromatic carbocycles. The van der Waals surface area contributed by atoms with Gasteiger partial charge in [0, 0.05) is 11.8 Å². The Balaban J connectivity index is 3.48. The molecule has 106 valence electrons. The first-order valence-corrected chi connectivity index (χ1v) is 4.50. The second-order valence-electron chi connectivity index (χ2n) is 3.39. The van der Waals surface area contributed by atoms with Gasteiger partial charge in [-0.15, -0.1) is 0 Å². The van der Waals surface area contributed by atoms with E-state index in [-0.39, 0.29) is 12.3 Å². The number of rotatable bonds is 2. The fraction of sp³-hybridized carbons (Fsp3) is 0.333. The SMILES string of the molecule is O=C(O)C(O)c1cc(C(F)(F)F)ncc1C(F)(F)F. The van der Waals surface area contributed by atoms with E-state index >= 15 is 0 Å². The van der Waals surface area contributed by atoms with Crippen LogP contribution in [0.4, 0.5) is 26.3 Å². The molecule has 19 heavy (non-hydrogen) atoms. The minimum absolute atomic E-state index is 0.137. The van der Waals surface area contributed by atoms with Gasteiger partial charge in [0.2, 0.25) is 0 Å². The van der Waals surface area contributed by atoms with E-state index in [1.165, 1.54) is 0 Å². The van der Waals surface area contributed by atoms with Crippen LogP contribution in [0, 0.1) is 0 Å². The number of aliphatic hydroxyl groups excluding tert-OH is 1. The fourth-order valence-corrected chi connectivity index (χ4v) is 1.22. The number of aromatic nitrogens is 1. The van der Waals surface area contributed by atoms with Gasteiger partial charge in [-0.1, -0.05) is 0 Å². The summed E-state index contributed by atoms with van der Waals surface area (Å²) in [4.78, 5) is 13.0. The van der Waals surface area contributed by atoms with Crippen LogP contribution in [0.15, 0.2) is 12.3 Å². The zero-order valence-electron chi connectivity index (χ0n) is 8.75. The van der Waals surface area contributed by atoms with Gasteiger partial charge in [-0.2, -0.15) is 26.3 Å². The van der Waals surface area contributed by atoms with Crippen LogP contribution in [0.2, 0.25) is 0 Å². The largest absolute Gasteiger partial charge is 0.479 e. The summed E-state index contributed by atoms with van der Waals surface area (Å²) in [7, 11) is 0. The lowest BCUT2D eigenvalue weighted by Gasteiger charge is -2.16. The maximum Gasteiger partial charge on any atom is 0.433 e. The lowest BCUT2D eigenvalue weighted by Crippen LogP contribution is -2.20. The van der Waals surface area contributed by atoms with Gasteiger partial charge in [-0.25, -0.2) is 4.79 Å². The zero-order valence-corrected chi connectivity index (χ0v) is 8.75. The molecule has 0 fully saturated rings. The highest BCUT2D eigenvalue weighted by Crippen LogP contribution is 2.37. The highest BCUT2D eigenvalue weighted by atomic mass is 19.4. The molecule has 1 unspecified atom stereocenters. The number of carbonyl (C=O) groups is 1. The summed E-state index contributed by atoms with van der Waals surface area (Å²) in [5, 5.41) is 17.4. The molecule has 10 heteroatoms. The van der Waals surface area contributed by atoms with Crippen molar-refractivity contribution in [3.8, 4) is 0 Å². The molecule has 1 aromatic heterocycles.